The van der Waals surface area contributed by atoms with Crippen molar-refractivity contribution in [3.8, 4) is 5.75 Å². The Morgan fingerprint density at radius 3 is 2.42 bits per heavy atom. The maximum Gasteiger partial charge on any atom is 0.326 e. The average molecular weight is 525 g/mol. The maximum atomic E-state index is 13.4. The molecule has 1 amide bonds. The number of carboxylic acids is 2. The van der Waals surface area contributed by atoms with Gasteiger partial charge in [0.05, 0.1) is 12.4 Å². The lowest BCUT2D eigenvalue weighted by molar-refractivity contribution is -0.149. The molecule has 3 atom stereocenters. The van der Waals surface area contributed by atoms with Crippen molar-refractivity contribution in [1.29, 1.82) is 0 Å². The third-order valence-electron chi connectivity index (χ3n) is 6.60. The number of aromatic hydroxyl groups is 1. The van der Waals surface area contributed by atoms with Crippen LogP contribution in [0, 0.1) is 0 Å². The molecule has 0 spiro atoms. The summed E-state index contributed by atoms with van der Waals surface area (Å²) in [6.07, 6.45) is 5.06. The molecule has 3 rings (SSSR count). The van der Waals surface area contributed by atoms with Gasteiger partial charge in [-0.2, -0.15) is 0 Å². The van der Waals surface area contributed by atoms with Crippen LogP contribution >= 0.6 is 0 Å². The van der Waals surface area contributed by atoms with E-state index in [9.17, 15) is 29.7 Å². The van der Waals surface area contributed by atoms with Crippen LogP contribution in [0.5, 0.6) is 5.75 Å². The number of carboxylic acid groups (broad SMARTS) is 2. The Morgan fingerprint density at radius 1 is 1.00 bits per heavy atom. The summed E-state index contributed by atoms with van der Waals surface area (Å²) in [5, 5.41) is 34.8. The number of anilines is 1. The lowest BCUT2D eigenvalue weighted by Gasteiger charge is -2.29. The van der Waals surface area contributed by atoms with E-state index < -0.39 is 30.1 Å². The lowest BCUT2D eigenvalue weighted by Crippen LogP contribution is -2.54. The number of amides is 1. The first-order valence-electron chi connectivity index (χ1n) is 12.9. The number of aryl methyl sites for hydroxylation is 1. The molecule has 0 aromatic heterocycles. The predicted molar refractivity (Wildman–Crippen MR) is 144 cm³/mol. The van der Waals surface area contributed by atoms with E-state index in [1.54, 1.807) is 30.6 Å². The van der Waals surface area contributed by atoms with E-state index >= 15 is 0 Å². The SMILES string of the molecule is O=C(O)C(CCc1ccccc1)NC(CCCCN=CNc1ccc(O)cc1)C(=O)N1CCCC1C(=O)O. The summed E-state index contributed by atoms with van der Waals surface area (Å²) in [6.45, 7) is 0.854. The van der Waals surface area contributed by atoms with Crippen molar-refractivity contribution in [2.75, 3.05) is 18.4 Å². The number of aliphatic carboxylic acids is 2. The van der Waals surface area contributed by atoms with Crippen LogP contribution in [0.2, 0.25) is 0 Å². The lowest BCUT2D eigenvalue weighted by atomic mass is 10.0. The second-order valence-electron chi connectivity index (χ2n) is 9.38. The van der Waals surface area contributed by atoms with Crippen LogP contribution in [0.1, 0.15) is 44.1 Å². The summed E-state index contributed by atoms with van der Waals surface area (Å²) in [5.41, 5.74) is 1.79. The number of unbranched alkanes of at least 4 members (excludes halogenated alkanes) is 1. The summed E-state index contributed by atoms with van der Waals surface area (Å²) in [7, 11) is 0. The van der Waals surface area contributed by atoms with E-state index in [0.717, 1.165) is 11.3 Å². The number of phenolic OH excluding ortho intramolecular Hbond substituents is 1. The van der Waals surface area contributed by atoms with Crippen LogP contribution in [-0.2, 0) is 20.8 Å². The molecule has 1 aliphatic rings. The van der Waals surface area contributed by atoms with Gasteiger partial charge in [0.25, 0.3) is 0 Å². The van der Waals surface area contributed by atoms with Gasteiger partial charge in [-0.05, 0) is 74.8 Å². The number of aliphatic imine (C=N–C) groups is 1. The molecule has 2 aromatic carbocycles. The summed E-state index contributed by atoms with van der Waals surface area (Å²) in [6, 6.07) is 13.5. The molecule has 2 aromatic rings. The summed E-state index contributed by atoms with van der Waals surface area (Å²) >= 11 is 0. The van der Waals surface area contributed by atoms with Gasteiger partial charge in [-0.15, -0.1) is 0 Å². The fourth-order valence-corrected chi connectivity index (χ4v) is 4.54. The van der Waals surface area contributed by atoms with Gasteiger partial charge in [0.1, 0.15) is 17.8 Å². The number of phenols is 1. The number of benzene rings is 2. The Hall–Kier alpha value is -3.92. The number of carbonyl (C=O) groups excluding carboxylic acids is 1. The topological polar surface area (TPSA) is 152 Å². The Bertz CT molecular complexity index is 1080. The van der Waals surface area contributed by atoms with Gasteiger partial charge in [-0.3, -0.25) is 19.9 Å². The Morgan fingerprint density at radius 2 is 1.74 bits per heavy atom. The summed E-state index contributed by atoms with van der Waals surface area (Å²) in [5.74, 6) is -2.26. The molecule has 1 fully saturated rings. The van der Waals surface area contributed by atoms with E-state index in [1.165, 1.54) is 4.90 Å². The van der Waals surface area contributed by atoms with Crippen molar-refractivity contribution >= 4 is 29.9 Å². The molecule has 1 aliphatic heterocycles. The van der Waals surface area contributed by atoms with Crippen LogP contribution in [0.15, 0.2) is 59.6 Å². The average Bonchev–Trinajstić information content (AvgIpc) is 3.41. The molecule has 10 heteroatoms. The quantitative estimate of drug-likeness (QED) is 0.103. The van der Waals surface area contributed by atoms with Crippen LogP contribution in [0.3, 0.4) is 0 Å². The van der Waals surface area contributed by atoms with Gasteiger partial charge in [0, 0.05) is 18.8 Å². The van der Waals surface area contributed by atoms with Crippen molar-refractivity contribution in [2.24, 2.45) is 4.99 Å². The first-order valence-corrected chi connectivity index (χ1v) is 12.9. The Balaban J connectivity index is 1.57. The largest absolute Gasteiger partial charge is 0.508 e. The fraction of sp³-hybridized carbons (Fsp3) is 0.429. The second-order valence-corrected chi connectivity index (χ2v) is 9.38. The molecule has 38 heavy (non-hydrogen) atoms. The highest BCUT2D eigenvalue weighted by atomic mass is 16.4. The van der Waals surface area contributed by atoms with Crippen molar-refractivity contribution in [2.45, 2.75) is 63.1 Å². The van der Waals surface area contributed by atoms with E-state index in [-0.39, 0.29) is 11.7 Å². The van der Waals surface area contributed by atoms with Crippen LogP contribution in [0.4, 0.5) is 5.69 Å². The zero-order chi connectivity index (χ0) is 27.3. The molecule has 0 saturated carbocycles. The number of hydrogen-bond acceptors (Lipinski definition) is 6. The molecule has 0 bridgehead atoms. The number of likely N-dealkylation sites (tertiary alicyclic amines) is 1. The first-order chi connectivity index (χ1) is 18.3. The third-order valence-corrected chi connectivity index (χ3v) is 6.60. The molecule has 0 radical (unpaired) electrons. The van der Waals surface area contributed by atoms with Crippen LogP contribution < -0.4 is 10.6 Å². The summed E-state index contributed by atoms with van der Waals surface area (Å²) < 4.78 is 0. The molecular weight excluding hydrogens is 488 g/mol. The van der Waals surface area contributed by atoms with Gasteiger partial charge in [-0.1, -0.05) is 30.3 Å². The number of nitrogens with zero attached hydrogens (tertiary/aromatic N) is 2. The maximum absolute atomic E-state index is 13.4. The minimum Gasteiger partial charge on any atom is -0.508 e. The Kier molecular flexibility index (Phi) is 11.1. The van der Waals surface area contributed by atoms with Gasteiger partial charge >= 0.3 is 11.9 Å². The van der Waals surface area contributed by atoms with Gasteiger partial charge in [-0.25, -0.2) is 4.79 Å². The van der Waals surface area contributed by atoms with E-state index in [4.69, 9.17) is 0 Å². The van der Waals surface area contributed by atoms with Crippen molar-refractivity contribution in [3.63, 3.8) is 0 Å². The van der Waals surface area contributed by atoms with Gasteiger partial charge in [0.15, 0.2) is 0 Å². The standard InChI is InChI=1S/C28H36N4O6/c33-22-14-12-21(13-15-22)30-19-29-17-5-4-9-23(26(34)32-18-6-10-25(32)28(37)38)31-24(27(35)36)16-11-20-7-2-1-3-8-20/h1-3,7-8,12-15,19,23-25,31,33H,4-6,9-11,16-18H2,(H,29,30)(H,35,36)(H,37,38). The monoisotopic (exact) mass is 524 g/mol. The molecule has 1 heterocycles. The molecule has 0 aliphatic carbocycles. The highest BCUT2D eigenvalue weighted by molar-refractivity contribution is 5.88. The van der Waals surface area contributed by atoms with Crippen molar-refractivity contribution < 1.29 is 29.7 Å². The molecule has 204 valence electrons. The zero-order valence-corrected chi connectivity index (χ0v) is 21.3. The third kappa shape index (κ3) is 8.88. The minimum absolute atomic E-state index is 0.180. The van der Waals surface area contributed by atoms with Gasteiger partial charge < -0.3 is 25.5 Å². The molecule has 3 unspecified atom stereocenters. The smallest absolute Gasteiger partial charge is 0.326 e. The van der Waals surface area contributed by atoms with Crippen LogP contribution in [0.25, 0.3) is 0 Å². The molecular formula is C28H36N4O6. The van der Waals surface area contributed by atoms with E-state index in [0.29, 0.717) is 58.0 Å². The highest BCUT2D eigenvalue weighted by Crippen LogP contribution is 2.20. The van der Waals surface area contributed by atoms with Crippen LogP contribution in [-0.4, -0.2) is 75.6 Å². The molecule has 5 N–H and O–H groups in total. The second kappa shape index (κ2) is 14.7. The minimum atomic E-state index is -1.04. The highest BCUT2D eigenvalue weighted by Gasteiger charge is 2.38. The zero-order valence-electron chi connectivity index (χ0n) is 21.3. The van der Waals surface area contributed by atoms with E-state index in [1.807, 2.05) is 30.3 Å². The van der Waals surface area contributed by atoms with E-state index in [2.05, 4.69) is 15.6 Å². The van der Waals surface area contributed by atoms with Crippen molar-refractivity contribution in [3.05, 3.63) is 60.2 Å². The van der Waals surface area contributed by atoms with Crippen molar-refractivity contribution in [1.82, 2.24) is 10.2 Å². The van der Waals surface area contributed by atoms with Gasteiger partial charge in [0.2, 0.25) is 5.91 Å². The number of nitrogens with one attached hydrogen (secondary N) is 2. The molecule has 1 saturated heterocycles. The summed E-state index contributed by atoms with van der Waals surface area (Å²) in [4.78, 5) is 42.8. The fourth-order valence-electron chi connectivity index (χ4n) is 4.54. The number of rotatable bonds is 15. The number of hydrogen-bond donors (Lipinski definition) is 5. The predicted octanol–water partition coefficient (Wildman–Crippen LogP) is 3.12. The molecule has 10 nitrogen and oxygen atoms in total. The normalized spacial score (nSPS) is 16.8. The number of carbonyl (C=O) groups is 3. The Labute approximate surface area is 222 Å². The first kappa shape index (κ1) is 28.6.